The average molecular weight is 500 g/mol. The van der Waals surface area contributed by atoms with E-state index >= 15 is 0 Å². The zero-order chi connectivity index (χ0) is 22.1. The molecule has 18 nitrogen and oxygen atoms in total. The van der Waals surface area contributed by atoms with Gasteiger partial charge in [0.15, 0.2) is 12.4 Å². The van der Waals surface area contributed by atoms with Gasteiger partial charge >= 0.3 is 41.6 Å². The van der Waals surface area contributed by atoms with E-state index in [1.807, 2.05) is 0 Å². The normalized spacial score (nSPS) is 30.2. The van der Waals surface area contributed by atoms with E-state index in [1.54, 1.807) is 0 Å². The molecule has 0 aromatic carbocycles. The molecular formula is C6H12O18S4. The topological polar surface area (TPSA) is 284 Å². The SMILES string of the molecule is O=S(=O)(O)OC[C@H]1O[C@H](O)[C@@H](OS(=O)(=O)O)[C@@H](OS(=O)(=O)O)[C@@H]1OS(=O)(=O)O. The Labute approximate surface area is 157 Å². The molecule has 0 aliphatic carbocycles. The molecule has 1 heterocycles. The highest BCUT2D eigenvalue weighted by atomic mass is 32.3. The van der Waals surface area contributed by atoms with Crippen LogP contribution in [0.25, 0.3) is 0 Å². The molecule has 0 aromatic rings. The van der Waals surface area contributed by atoms with Gasteiger partial charge in [-0.25, -0.2) is 16.7 Å². The molecule has 0 unspecified atom stereocenters. The summed E-state index contributed by atoms with van der Waals surface area (Å²) in [7, 11) is -21.8. The van der Waals surface area contributed by atoms with E-state index in [0.717, 1.165) is 0 Å². The summed E-state index contributed by atoms with van der Waals surface area (Å²) in [6.07, 6.45) is -12.8. The largest absolute Gasteiger partial charge is 0.397 e. The van der Waals surface area contributed by atoms with Crippen LogP contribution in [0.4, 0.5) is 0 Å². The quantitative estimate of drug-likeness (QED) is 0.189. The second kappa shape index (κ2) is 8.64. The summed E-state index contributed by atoms with van der Waals surface area (Å²) >= 11 is 0. The van der Waals surface area contributed by atoms with Crippen molar-refractivity contribution in [2.24, 2.45) is 0 Å². The lowest BCUT2D eigenvalue weighted by Gasteiger charge is -2.41. The van der Waals surface area contributed by atoms with Crippen LogP contribution >= 0.6 is 0 Å². The van der Waals surface area contributed by atoms with Crippen LogP contribution in [0.3, 0.4) is 0 Å². The van der Waals surface area contributed by atoms with Gasteiger partial charge in [0.1, 0.15) is 18.3 Å². The third-order valence-corrected chi connectivity index (χ3v) is 4.52. The van der Waals surface area contributed by atoms with Gasteiger partial charge in [0.25, 0.3) is 0 Å². The number of rotatable bonds is 9. The first-order valence-electron chi connectivity index (χ1n) is 6.20. The molecule has 1 fully saturated rings. The first-order chi connectivity index (χ1) is 12.3. The van der Waals surface area contributed by atoms with Gasteiger partial charge in [-0.2, -0.15) is 33.7 Å². The van der Waals surface area contributed by atoms with Crippen molar-refractivity contribution >= 4 is 41.6 Å². The average Bonchev–Trinajstić information content (AvgIpc) is 2.39. The van der Waals surface area contributed by atoms with Crippen LogP contribution in [0, 0.1) is 0 Å². The smallest absolute Gasteiger partial charge is 0.366 e. The molecule has 5 atom stereocenters. The third kappa shape index (κ3) is 9.27. The number of aliphatic hydroxyl groups is 1. The van der Waals surface area contributed by atoms with E-state index in [1.165, 1.54) is 0 Å². The minimum Gasteiger partial charge on any atom is -0.366 e. The summed E-state index contributed by atoms with van der Waals surface area (Å²) in [5.74, 6) is 0. The zero-order valence-corrected chi connectivity index (χ0v) is 16.0. The van der Waals surface area contributed by atoms with Gasteiger partial charge in [-0.05, 0) is 0 Å². The first-order valence-corrected chi connectivity index (χ1v) is 11.7. The monoisotopic (exact) mass is 500 g/mol. The first kappa shape index (κ1) is 25.4. The molecule has 0 aromatic heterocycles. The summed E-state index contributed by atoms with van der Waals surface area (Å²) in [5.41, 5.74) is 0. The molecule has 0 spiro atoms. The Kier molecular flexibility index (Phi) is 7.85. The van der Waals surface area contributed by atoms with Crippen molar-refractivity contribution in [2.45, 2.75) is 30.7 Å². The second-order valence-electron chi connectivity index (χ2n) is 4.74. The predicted octanol–water partition coefficient (Wildman–Crippen LogP) is -3.91. The van der Waals surface area contributed by atoms with Crippen molar-refractivity contribution in [1.82, 2.24) is 0 Å². The van der Waals surface area contributed by atoms with Gasteiger partial charge in [0, 0.05) is 0 Å². The van der Waals surface area contributed by atoms with Gasteiger partial charge in [0.05, 0.1) is 6.61 Å². The summed E-state index contributed by atoms with van der Waals surface area (Å²) < 4.78 is 142. The van der Waals surface area contributed by atoms with E-state index < -0.39 is 78.9 Å². The van der Waals surface area contributed by atoms with E-state index in [9.17, 15) is 38.8 Å². The Morgan fingerprint density at radius 1 is 0.643 bits per heavy atom. The number of ether oxygens (including phenoxy) is 1. The molecule has 1 saturated heterocycles. The fourth-order valence-corrected chi connectivity index (χ4v) is 3.74. The van der Waals surface area contributed by atoms with E-state index in [-0.39, 0.29) is 0 Å². The van der Waals surface area contributed by atoms with Gasteiger partial charge < -0.3 is 9.84 Å². The van der Waals surface area contributed by atoms with Crippen LogP contribution in [-0.2, 0) is 63.1 Å². The van der Waals surface area contributed by atoms with Crippen molar-refractivity contribution in [3.63, 3.8) is 0 Å². The molecule has 0 amide bonds. The van der Waals surface area contributed by atoms with Crippen LogP contribution in [0.1, 0.15) is 0 Å². The highest BCUT2D eigenvalue weighted by Gasteiger charge is 2.53. The van der Waals surface area contributed by atoms with Gasteiger partial charge in [0.2, 0.25) is 0 Å². The van der Waals surface area contributed by atoms with Crippen LogP contribution < -0.4 is 0 Å². The molecule has 1 rings (SSSR count). The van der Waals surface area contributed by atoms with Gasteiger partial charge in [-0.3, -0.25) is 18.2 Å². The van der Waals surface area contributed by atoms with Gasteiger partial charge in [-0.1, -0.05) is 0 Å². The molecular weight excluding hydrogens is 488 g/mol. The van der Waals surface area contributed by atoms with Crippen LogP contribution in [0.2, 0.25) is 0 Å². The Balaban J connectivity index is 3.42. The zero-order valence-electron chi connectivity index (χ0n) is 12.8. The predicted molar refractivity (Wildman–Crippen MR) is 77.6 cm³/mol. The van der Waals surface area contributed by atoms with Crippen molar-refractivity contribution in [3.05, 3.63) is 0 Å². The summed E-state index contributed by atoms with van der Waals surface area (Å²) in [4.78, 5) is 0. The Bertz CT molecular complexity index is 959. The van der Waals surface area contributed by atoms with E-state index in [4.69, 9.17) is 18.2 Å². The fourth-order valence-electron chi connectivity index (χ4n) is 1.93. The maximum atomic E-state index is 11.0. The highest BCUT2D eigenvalue weighted by molar-refractivity contribution is 7.81. The maximum Gasteiger partial charge on any atom is 0.397 e. The van der Waals surface area contributed by atoms with Crippen molar-refractivity contribution < 1.29 is 78.5 Å². The van der Waals surface area contributed by atoms with E-state index in [2.05, 4.69) is 21.5 Å². The Morgan fingerprint density at radius 2 is 1.04 bits per heavy atom. The third-order valence-electron chi connectivity index (χ3n) is 2.69. The summed E-state index contributed by atoms with van der Waals surface area (Å²) in [5, 5.41) is 9.70. The van der Waals surface area contributed by atoms with Crippen LogP contribution in [-0.4, -0.2) is 94.3 Å². The molecule has 0 radical (unpaired) electrons. The lowest BCUT2D eigenvalue weighted by atomic mass is 9.99. The van der Waals surface area contributed by atoms with Gasteiger partial charge in [-0.15, -0.1) is 0 Å². The lowest BCUT2D eigenvalue weighted by Crippen LogP contribution is -2.62. The lowest BCUT2D eigenvalue weighted by molar-refractivity contribution is -0.270. The van der Waals surface area contributed by atoms with Crippen molar-refractivity contribution in [1.29, 1.82) is 0 Å². The van der Waals surface area contributed by atoms with Crippen LogP contribution in [0.5, 0.6) is 0 Å². The summed E-state index contributed by atoms with van der Waals surface area (Å²) in [6.45, 7) is -1.42. The number of hydrogen-bond donors (Lipinski definition) is 5. The maximum absolute atomic E-state index is 11.0. The minimum absolute atomic E-state index is 1.42. The molecule has 1 aliphatic heterocycles. The Morgan fingerprint density at radius 3 is 1.43 bits per heavy atom. The molecule has 0 saturated carbocycles. The number of aliphatic hydroxyl groups excluding tert-OH is 1. The molecule has 28 heavy (non-hydrogen) atoms. The number of hydrogen-bond acceptors (Lipinski definition) is 14. The van der Waals surface area contributed by atoms with Crippen LogP contribution in [0.15, 0.2) is 0 Å². The minimum atomic E-state index is -5.58. The van der Waals surface area contributed by atoms with Crippen molar-refractivity contribution in [3.8, 4) is 0 Å². The molecule has 168 valence electrons. The fraction of sp³-hybridized carbons (Fsp3) is 1.00. The second-order valence-corrected chi connectivity index (χ2v) is 8.98. The van der Waals surface area contributed by atoms with Crippen molar-refractivity contribution in [2.75, 3.05) is 6.61 Å². The summed E-state index contributed by atoms with van der Waals surface area (Å²) in [6, 6.07) is 0. The Hall–Kier alpha value is -0.600. The van der Waals surface area contributed by atoms with E-state index in [0.29, 0.717) is 0 Å². The highest BCUT2D eigenvalue weighted by Crippen LogP contribution is 2.30. The molecule has 0 bridgehead atoms. The molecule has 22 heteroatoms. The molecule has 1 aliphatic rings. The molecule has 5 N–H and O–H groups in total. The standard InChI is InChI=1S/C6H12O18S4/c7-6-5(24-28(17,18)19)4(23-27(14,15)16)3(22-26(11,12)13)2(21-6)1-20-25(8,9)10/h2-7H,1H2,(H,8,9,10)(H,11,12,13)(H,14,15,16)(H,17,18,19)/t2-,3-,4+,5+,6+/m1/s1.